The van der Waals surface area contributed by atoms with Crippen molar-refractivity contribution < 1.29 is 14.6 Å². The van der Waals surface area contributed by atoms with Crippen molar-refractivity contribution in [2.45, 2.75) is 71.1 Å². The Morgan fingerprint density at radius 3 is 2.52 bits per heavy atom. The number of aliphatic imine (C=N–C) groups is 1. The number of unbranched alkanes of at least 4 members (excludes halogenated alkanes) is 3. The van der Waals surface area contributed by atoms with Crippen LogP contribution in [0.25, 0.3) is 0 Å². The van der Waals surface area contributed by atoms with E-state index in [0.29, 0.717) is 12.2 Å². The van der Waals surface area contributed by atoms with Crippen molar-refractivity contribution in [1.82, 2.24) is 5.32 Å². The molecule has 0 spiro atoms. The molecule has 1 aliphatic heterocycles. The van der Waals surface area contributed by atoms with Gasteiger partial charge in [-0.2, -0.15) is 0 Å². The number of nitrogens with one attached hydrogen (secondary N) is 1. The third-order valence-corrected chi connectivity index (χ3v) is 6.04. The monoisotopic (exact) mass is 424 g/mol. The zero-order valence-corrected chi connectivity index (χ0v) is 19.5. The van der Waals surface area contributed by atoms with Gasteiger partial charge in [-0.1, -0.05) is 44.4 Å². The fraction of sp³-hybridized carbons (Fsp3) is 0.500. The molecular weight excluding hydrogens is 388 g/mol. The number of aliphatic hydroxyl groups is 1. The van der Waals surface area contributed by atoms with E-state index in [1.54, 1.807) is 14.2 Å². The lowest BCUT2D eigenvalue weighted by molar-refractivity contribution is -0.00371. The standard InChI is InChI=1S/C26H36N2O3/c1-6-7-8-9-12-20-15-24(30-4)25(31-5)16-21(20)19(3)28-26(29)17-18(2)27-23-14-11-10-13-22(23)26/h10-11,13-16,19,28-29H,6-9,12,17H2,1-5H3. The van der Waals surface area contributed by atoms with Gasteiger partial charge in [0.1, 0.15) is 5.72 Å². The maximum absolute atomic E-state index is 11.6. The summed E-state index contributed by atoms with van der Waals surface area (Å²) in [6.07, 6.45) is 6.21. The van der Waals surface area contributed by atoms with E-state index >= 15 is 0 Å². The van der Waals surface area contributed by atoms with Crippen molar-refractivity contribution in [3.63, 3.8) is 0 Å². The number of fused-ring (bicyclic) bond motifs is 1. The molecule has 5 heteroatoms. The quantitative estimate of drug-likeness (QED) is 0.373. The zero-order chi connectivity index (χ0) is 22.4. The number of benzene rings is 2. The number of para-hydroxylation sites is 1. The highest BCUT2D eigenvalue weighted by atomic mass is 16.5. The van der Waals surface area contributed by atoms with Crippen LogP contribution in [0.15, 0.2) is 41.4 Å². The van der Waals surface area contributed by atoms with Crippen LogP contribution in [0.1, 0.15) is 75.6 Å². The van der Waals surface area contributed by atoms with E-state index in [4.69, 9.17) is 9.47 Å². The molecule has 3 rings (SSSR count). The van der Waals surface area contributed by atoms with E-state index in [-0.39, 0.29) is 6.04 Å². The summed E-state index contributed by atoms with van der Waals surface area (Å²) >= 11 is 0. The SMILES string of the molecule is CCCCCCc1cc(OC)c(OC)cc1C(C)NC1(O)CC(C)=Nc2ccccc21. The molecule has 2 atom stereocenters. The lowest BCUT2D eigenvalue weighted by Gasteiger charge is -2.37. The molecule has 2 aromatic rings. The number of hydrogen-bond acceptors (Lipinski definition) is 5. The molecule has 2 unspecified atom stereocenters. The third kappa shape index (κ3) is 5.28. The maximum atomic E-state index is 11.6. The first-order chi connectivity index (χ1) is 14.9. The molecule has 0 fully saturated rings. The first kappa shape index (κ1) is 23.3. The molecule has 0 saturated carbocycles. The minimum Gasteiger partial charge on any atom is -0.493 e. The van der Waals surface area contributed by atoms with Gasteiger partial charge in [-0.05, 0) is 56.0 Å². The molecule has 2 N–H and O–H groups in total. The van der Waals surface area contributed by atoms with Crippen molar-refractivity contribution in [3.05, 3.63) is 53.1 Å². The Balaban J connectivity index is 1.92. The van der Waals surface area contributed by atoms with Crippen LogP contribution in [-0.4, -0.2) is 25.0 Å². The topological polar surface area (TPSA) is 63.1 Å². The lowest BCUT2D eigenvalue weighted by Crippen LogP contribution is -2.46. The molecule has 0 bridgehead atoms. The Kier molecular flexibility index (Phi) is 7.74. The van der Waals surface area contributed by atoms with E-state index < -0.39 is 5.72 Å². The Hall–Kier alpha value is -2.37. The third-order valence-electron chi connectivity index (χ3n) is 6.04. The number of ether oxygens (including phenoxy) is 2. The number of nitrogens with zero attached hydrogens (tertiary/aromatic N) is 1. The van der Waals surface area contributed by atoms with Gasteiger partial charge in [-0.15, -0.1) is 0 Å². The summed E-state index contributed by atoms with van der Waals surface area (Å²) in [5, 5.41) is 15.1. The van der Waals surface area contributed by atoms with Crippen molar-refractivity contribution in [3.8, 4) is 11.5 Å². The highest BCUT2D eigenvalue weighted by Gasteiger charge is 2.36. The average molecular weight is 425 g/mol. The summed E-state index contributed by atoms with van der Waals surface area (Å²) in [4.78, 5) is 4.63. The van der Waals surface area contributed by atoms with Gasteiger partial charge in [-0.3, -0.25) is 10.3 Å². The average Bonchev–Trinajstić information content (AvgIpc) is 2.75. The number of methoxy groups -OCH3 is 2. The van der Waals surface area contributed by atoms with Crippen LogP contribution >= 0.6 is 0 Å². The minimum absolute atomic E-state index is 0.0927. The molecule has 168 valence electrons. The predicted octanol–water partition coefficient (Wildman–Crippen LogP) is 5.82. The van der Waals surface area contributed by atoms with Gasteiger partial charge in [0, 0.05) is 23.7 Å². The van der Waals surface area contributed by atoms with Gasteiger partial charge in [0.25, 0.3) is 0 Å². The summed E-state index contributed by atoms with van der Waals surface area (Å²) < 4.78 is 11.1. The van der Waals surface area contributed by atoms with Gasteiger partial charge >= 0.3 is 0 Å². The van der Waals surface area contributed by atoms with Crippen LogP contribution in [-0.2, 0) is 12.1 Å². The van der Waals surface area contributed by atoms with Crippen molar-refractivity contribution in [2.75, 3.05) is 14.2 Å². The molecule has 31 heavy (non-hydrogen) atoms. The van der Waals surface area contributed by atoms with Gasteiger partial charge in [0.15, 0.2) is 11.5 Å². The second-order valence-electron chi connectivity index (χ2n) is 8.48. The summed E-state index contributed by atoms with van der Waals surface area (Å²) in [7, 11) is 3.33. The van der Waals surface area contributed by atoms with Crippen molar-refractivity contribution in [2.24, 2.45) is 4.99 Å². The molecular formula is C26H36N2O3. The van der Waals surface area contributed by atoms with Crippen LogP contribution in [0.2, 0.25) is 0 Å². The van der Waals surface area contributed by atoms with Gasteiger partial charge < -0.3 is 14.6 Å². The molecule has 1 aliphatic rings. The van der Waals surface area contributed by atoms with E-state index in [9.17, 15) is 5.11 Å². The van der Waals surface area contributed by atoms with Crippen molar-refractivity contribution >= 4 is 11.4 Å². The lowest BCUT2D eigenvalue weighted by atomic mass is 9.89. The highest BCUT2D eigenvalue weighted by molar-refractivity contribution is 5.88. The number of aryl methyl sites for hydroxylation is 1. The largest absolute Gasteiger partial charge is 0.493 e. The summed E-state index contributed by atoms with van der Waals surface area (Å²) in [5.41, 5.74) is 3.73. The summed E-state index contributed by atoms with van der Waals surface area (Å²) in [5.74, 6) is 1.45. The van der Waals surface area contributed by atoms with E-state index in [1.807, 2.05) is 37.3 Å². The minimum atomic E-state index is -1.17. The molecule has 0 amide bonds. The van der Waals surface area contributed by atoms with E-state index in [0.717, 1.165) is 41.1 Å². The first-order valence-corrected chi connectivity index (χ1v) is 11.3. The second-order valence-corrected chi connectivity index (χ2v) is 8.48. The molecule has 0 saturated heterocycles. The van der Waals surface area contributed by atoms with Gasteiger partial charge in [0.2, 0.25) is 0 Å². The van der Waals surface area contributed by atoms with Crippen LogP contribution in [0.3, 0.4) is 0 Å². The van der Waals surface area contributed by atoms with Crippen LogP contribution in [0.4, 0.5) is 5.69 Å². The molecule has 0 aliphatic carbocycles. The number of hydrogen-bond donors (Lipinski definition) is 2. The molecule has 0 radical (unpaired) electrons. The van der Waals surface area contributed by atoms with Gasteiger partial charge in [0.05, 0.1) is 19.9 Å². The Bertz CT molecular complexity index is 925. The summed E-state index contributed by atoms with van der Waals surface area (Å²) in [6, 6.07) is 11.8. The fourth-order valence-electron chi connectivity index (χ4n) is 4.49. The van der Waals surface area contributed by atoms with Crippen molar-refractivity contribution in [1.29, 1.82) is 0 Å². The summed E-state index contributed by atoms with van der Waals surface area (Å²) in [6.45, 7) is 6.28. The van der Waals surface area contributed by atoms with Crippen LogP contribution < -0.4 is 14.8 Å². The molecule has 1 heterocycles. The predicted molar refractivity (Wildman–Crippen MR) is 127 cm³/mol. The van der Waals surface area contributed by atoms with Crippen LogP contribution in [0, 0.1) is 0 Å². The van der Waals surface area contributed by atoms with E-state index in [1.165, 1.54) is 24.8 Å². The Labute approximate surface area is 186 Å². The smallest absolute Gasteiger partial charge is 0.161 e. The second kappa shape index (κ2) is 10.3. The van der Waals surface area contributed by atoms with Gasteiger partial charge in [-0.25, -0.2) is 0 Å². The molecule has 0 aromatic heterocycles. The molecule has 2 aromatic carbocycles. The van der Waals surface area contributed by atoms with E-state index in [2.05, 4.69) is 30.2 Å². The zero-order valence-electron chi connectivity index (χ0n) is 19.5. The highest BCUT2D eigenvalue weighted by Crippen LogP contribution is 2.39. The molecule has 5 nitrogen and oxygen atoms in total. The Morgan fingerprint density at radius 2 is 1.81 bits per heavy atom. The Morgan fingerprint density at radius 1 is 1.10 bits per heavy atom. The number of rotatable bonds is 10. The normalized spacial score (nSPS) is 18.8. The van der Waals surface area contributed by atoms with Crippen LogP contribution in [0.5, 0.6) is 11.5 Å². The fourth-order valence-corrected chi connectivity index (χ4v) is 4.49. The first-order valence-electron chi connectivity index (χ1n) is 11.3. The maximum Gasteiger partial charge on any atom is 0.161 e.